The van der Waals surface area contributed by atoms with Crippen molar-refractivity contribution in [1.29, 1.82) is 0 Å². The van der Waals surface area contributed by atoms with E-state index in [-0.39, 0.29) is 11.9 Å². The first kappa shape index (κ1) is 14.8. The lowest BCUT2D eigenvalue weighted by molar-refractivity contribution is -0.132. The lowest BCUT2D eigenvalue weighted by Gasteiger charge is -2.24. The van der Waals surface area contributed by atoms with Crippen molar-refractivity contribution < 1.29 is 14.3 Å². The van der Waals surface area contributed by atoms with Gasteiger partial charge in [0.25, 0.3) is 5.91 Å². The van der Waals surface area contributed by atoms with E-state index in [1.807, 2.05) is 18.2 Å². The van der Waals surface area contributed by atoms with Crippen LogP contribution < -0.4 is 10.1 Å². The molecule has 0 radical (unpaired) electrons. The summed E-state index contributed by atoms with van der Waals surface area (Å²) in [7, 11) is 1.58. The van der Waals surface area contributed by atoms with Crippen LogP contribution in [0.4, 0.5) is 4.79 Å². The first-order valence-electron chi connectivity index (χ1n) is 7.55. The molecule has 0 bridgehead atoms. The average Bonchev–Trinajstić information content (AvgIpc) is 3.11. The van der Waals surface area contributed by atoms with Gasteiger partial charge in [-0.2, -0.15) is 0 Å². The number of nitrogens with zero attached hydrogens (tertiary/aromatic N) is 2. The van der Waals surface area contributed by atoms with Crippen LogP contribution in [0.5, 0.6) is 5.75 Å². The predicted octanol–water partition coefficient (Wildman–Crippen LogP) is 1.52. The Morgan fingerprint density at radius 2 is 2.00 bits per heavy atom. The number of amides is 3. The Balaban J connectivity index is 1.84. The van der Waals surface area contributed by atoms with Crippen molar-refractivity contribution in [2.24, 2.45) is 0 Å². The molecule has 6 nitrogen and oxygen atoms in total. The van der Waals surface area contributed by atoms with Gasteiger partial charge in [0.05, 0.1) is 13.8 Å². The molecular formula is C16H21N3O3. The van der Waals surface area contributed by atoms with Crippen LogP contribution in [0.25, 0.3) is 0 Å². The predicted molar refractivity (Wildman–Crippen MR) is 81.4 cm³/mol. The van der Waals surface area contributed by atoms with Gasteiger partial charge >= 0.3 is 6.03 Å². The Morgan fingerprint density at radius 1 is 1.27 bits per heavy atom. The molecule has 2 aliphatic rings. The topological polar surface area (TPSA) is 61.9 Å². The minimum absolute atomic E-state index is 0.211. The van der Waals surface area contributed by atoms with Gasteiger partial charge in [0.15, 0.2) is 0 Å². The monoisotopic (exact) mass is 303 g/mol. The Hall–Kier alpha value is -2.08. The first-order chi connectivity index (χ1) is 10.5. The van der Waals surface area contributed by atoms with E-state index in [0.717, 1.165) is 31.5 Å². The molecule has 2 fully saturated rings. The molecule has 1 atom stereocenters. The molecule has 2 aliphatic heterocycles. The van der Waals surface area contributed by atoms with Crippen LogP contribution in [-0.2, 0) is 10.3 Å². The lowest BCUT2D eigenvalue weighted by Crippen LogP contribution is -2.43. The number of methoxy groups -OCH3 is 1. The summed E-state index contributed by atoms with van der Waals surface area (Å²) < 4.78 is 5.21. The number of rotatable bonds is 4. The summed E-state index contributed by atoms with van der Waals surface area (Å²) in [5.74, 6) is 0.455. The fraction of sp³-hybridized carbons (Fsp3) is 0.500. The van der Waals surface area contributed by atoms with E-state index in [1.165, 1.54) is 4.90 Å². The van der Waals surface area contributed by atoms with Gasteiger partial charge in [0.1, 0.15) is 11.3 Å². The summed E-state index contributed by atoms with van der Waals surface area (Å²) in [5.41, 5.74) is -0.306. The maximum atomic E-state index is 12.8. The molecule has 22 heavy (non-hydrogen) atoms. The highest BCUT2D eigenvalue weighted by atomic mass is 16.5. The number of hydrogen-bond donors (Lipinski definition) is 1. The molecule has 0 unspecified atom stereocenters. The van der Waals surface area contributed by atoms with Gasteiger partial charge in [-0.1, -0.05) is 12.1 Å². The van der Waals surface area contributed by atoms with E-state index in [9.17, 15) is 9.59 Å². The third-order valence-corrected chi connectivity index (χ3v) is 4.46. The van der Waals surface area contributed by atoms with Gasteiger partial charge < -0.3 is 10.1 Å². The normalized spacial score (nSPS) is 25.6. The summed E-state index contributed by atoms with van der Waals surface area (Å²) >= 11 is 0. The standard InChI is InChI=1S/C16H21N3O3/c1-16(12-6-5-7-13(10-12)22-2)14(20)19(15(21)17-16)11-18-8-3-4-9-18/h5-7,10H,3-4,8-9,11H2,1-2H3,(H,17,21)/t16-/m1/s1. The Kier molecular flexibility index (Phi) is 3.78. The molecular weight excluding hydrogens is 282 g/mol. The van der Waals surface area contributed by atoms with Crippen LogP contribution in [0.1, 0.15) is 25.3 Å². The Labute approximate surface area is 130 Å². The quantitative estimate of drug-likeness (QED) is 0.857. The molecule has 3 amide bonds. The minimum atomic E-state index is -1.04. The highest BCUT2D eigenvalue weighted by Crippen LogP contribution is 2.31. The molecule has 2 saturated heterocycles. The SMILES string of the molecule is COc1cccc([C@@]2(C)NC(=O)N(CN3CCCC3)C2=O)c1. The van der Waals surface area contributed by atoms with E-state index in [1.54, 1.807) is 20.1 Å². The molecule has 118 valence electrons. The molecule has 6 heteroatoms. The van der Waals surface area contributed by atoms with Gasteiger partial charge in [-0.3, -0.25) is 9.69 Å². The van der Waals surface area contributed by atoms with Gasteiger partial charge in [-0.05, 0) is 50.6 Å². The largest absolute Gasteiger partial charge is 0.497 e. The van der Waals surface area contributed by atoms with Gasteiger partial charge in [-0.25, -0.2) is 9.69 Å². The molecule has 1 aromatic carbocycles. The summed E-state index contributed by atoms with van der Waals surface area (Å²) in [5, 5.41) is 2.83. The van der Waals surface area contributed by atoms with Crippen molar-refractivity contribution in [2.45, 2.75) is 25.3 Å². The van der Waals surface area contributed by atoms with E-state index in [0.29, 0.717) is 12.4 Å². The zero-order valence-corrected chi connectivity index (χ0v) is 13.0. The number of benzene rings is 1. The second-order valence-corrected chi connectivity index (χ2v) is 5.99. The second-order valence-electron chi connectivity index (χ2n) is 5.99. The second kappa shape index (κ2) is 5.61. The van der Waals surface area contributed by atoms with E-state index in [4.69, 9.17) is 4.74 Å². The number of hydrogen-bond acceptors (Lipinski definition) is 4. The maximum Gasteiger partial charge on any atom is 0.326 e. The van der Waals surface area contributed by atoms with Crippen molar-refractivity contribution in [3.8, 4) is 5.75 Å². The average molecular weight is 303 g/mol. The minimum Gasteiger partial charge on any atom is -0.497 e. The zero-order valence-electron chi connectivity index (χ0n) is 13.0. The number of imide groups is 1. The van der Waals surface area contributed by atoms with Crippen LogP contribution in [0.2, 0.25) is 0 Å². The van der Waals surface area contributed by atoms with Crippen LogP contribution in [0.3, 0.4) is 0 Å². The van der Waals surface area contributed by atoms with Crippen molar-refractivity contribution in [3.63, 3.8) is 0 Å². The fourth-order valence-electron chi connectivity index (χ4n) is 3.08. The Bertz CT molecular complexity index is 598. The third kappa shape index (κ3) is 2.43. The van der Waals surface area contributed by atoms with E-state index >= 15 is 0 Å². The van der Waals surface area contributed by atoms with Crippen LogP contribution in [0.15, 0.2) is 24.3 Å². The number of carbonyl (C=O) groups excluding carboxylic acids is 2. The van der Waals surface area contributed by atoms with Crippen molar-refractivity contribution in [3.05, 3.63) is 29.8 Å². The zero-order chi connectivity index (χ0) is 15.7. The maximum absolute atomic E-state index is 12.8. The smallest absolute Gasteiger partial charge is 0.326 e. The molecule has 1 aromatic rings. The molecule has 0 aliphatic carbocycles. The van der Waals surface area contributed by atoms with E-state index < -0.39 is 5.54 Å². The van der Waals surface area contributed by atoms with Crippen LogP contribution in [0, 0.1) is 0 Å². The van der Waals surface area contributed by atoms with Gasteiger partial charge in [-0.15, -0.1) is 0 Å². The number of carbonyl (C=O) groups is 2. The number of ether oxygens (including phenoxy) is 1. The highest BCUT2D eigenvalue weighted by molar-refractivity contribution is 6.07. The number of urea groups is 1. The summed E-state index contributed by atoms with van der Waals surface area (Å²) in [6, 6.07) is 6.93. The number of likely N-dealkylation sites (tertiary alicyclic amines) is 1. The molecule has 0 saturated carbocycles. The number of nitrogens with one attached hydrogen (secondary N) is 1. The highest BCUT2D eigenvalue weighted by Gasteiger charge is 2.49. The van der Waals surface area contributed by atoms with Crippen molar-refractivity contribution in [1.82, 2.24) is 15.1 Å². The molecule has 0 aromatic heterocycles. The van der Waals surface area contributed by atoms with Crippen molar-refractivity contribution >= 4 is 11.9 Å². The summed E-state index contributed by atoms with van der Waals surface area (Å²) in [6.45, 7) is 3.98. The molecule has 1 N–H and O–H groups in total. The van der Waals surface area contributed by atoms with Crippen LogP contribution in [-0.4, -0.2) is 48.6 Å². The molecule has 3 rings (SSSR count). The fourth-order valence-corrected chi connectivity index (χ4v) is 3.08. The van der Waals surface area contributed by atoms with Gasteiger partial charge in [0.2, 0.25) is 0 Å². The summed E-state index contributed by atoms with van der Waals surface area (Å²) in [6.07, 6.45) is 2.24. The van der Waals surface area contributed by atoms with E-state index in [2.05, 4.69) is 10.2 Å². The van der Waals surface area contributed by atoms with Crippen molar-refractivity contribution in [2.75, 3.05) is 26.9 Å². The molecule has 0 spiro atoms. The Morgan fingerprint density at radius 3 is 2.68 bits per heavy atom. The van der Waals surface area contributed by atoms with Crippen LogP contribution >= 0.6 is 0 Å². The first-order valence-corrected chi connectivity index (χ1v) is 7.55. The third-order valence-electron chi connectivity index (χ3n) is 4.46. The van der Waals surface area contributed by atoms with Gasteiger partial charge in [0, 0.05) is 0 Å². The molecule has 2 heterocycles. The summed E-state index contributed by atoms with van der Waals surface area (Å²) in [4.78, 5) is 28.5. The lowest BCUT2D eigenvalue weighted by atomic mass is 9.92.